The number of aryl methyl sites for hydroxylation is 1. The fourth-order valence-corrected chi connectivity index (χ4v) is 3.66. The molecule has 2 fully saturated rings. The molecule has 3 atom stereocenters. The lowest BCUT2D eigenvalue weighted by atomic mass is 10.0. The summed E-state index contributed by atoms with van der Waals surface area (Å²) in [5.41, 5.74) is 1.68. The fourth-order valence-electron chi connectivity index (χ4n) is 3.66. The van der Waals surface area contributed by atoms with E-state index in [0.717, 1.165) is 31.7 Å². The van der Waals surface area contributed by atoms with Crippen LogP contribution in [-0.2, 0) is 4.74 Å². The molecule has 1 N–H and O–H groups in total. The van der Waals surface area contributed by atoms with Crippen molar-refractivity contribution in [3.8, 4) is 5.75 Å². The predicted molar refractivity (Wildman–Crippen MR) is 93.5 cm³/mol. The molecule has 2 aliphatic heterocycles. The summed E-state index contributed by atoms with van der Waals surface area (Å²) in [6.07, 6.45) is 1.25. The van der Waals surface area contributed by atoms with Crippen LogP contribution in [-0.4, -0.2) is 55.8 Å². The quantitative estimate of drug-likeness (QED) is 0.919. The first-order valence-electron chi connectivity index (χ1n) is 8.79. The van der Waals surface area contributed by atoms with Gasteiger partial charge in [-0.1, -0.05) is 19.9 Å². The molecule has 1 aromatic carbocycles. The maximum Gasteiger partial charge on any atom is 0.255 e. The first-order valence-corrected chi connectivity index (χ1v) is 8.79. The van der Waals surface area contributed by atoms with Gasteiger partial charge in [-0.25, -0.2) is 0 Å². The average molecular weight is 332 g/mol. The lowest BCUT2D eigenvalue weighted by Crippen LogP contribution is -2.48. The Morgan fingerprint density at radius 1 is 1.38 bits per heavy atom. The lowest BCUT2D eigenvalue weighted by molar-refractivity contribution is -0.0683. The SMILES string of the molecule is COc1cc(C)ccc1C(=O)N[C@H]1C[C@H]2CO[C@@H](C(C)C)CN2C1. The van der Waals surface area contributed by atoms with Gasteiger partial charge in [0.25, 0.3) is 5.91 Å². The van der Waals surface area contributed by atoms with Crippen molar-refractivity contribution in [2.24, 2.45) is 5.92 Å². The lowest BCUT2D eigenvalue weighted by Gasteiger charge is -2.36. The molecular formula is C19H28N2O3. The van der Waals surface area contributed by atoms with Crippen molar-refractivity contribution in [1.82, 2.24) is 10.2 Å². The number of amides is 1. The summed E-state index contributed by atoms with van der Waals surface area (Å²) in [5.74, 6) is 1.10. The number of morpholine rings is 1. The summed E-state index contributed by atoms with van der Waals surface area (Å²) >= 11 is 0. The van der Waals surface area contributed by atoms with Gasteiger partial charge in [-0.2, -0.15) is 0 Å². The highest BCUT2D eigenvalue weighted by molar-refractivity contribution is 5.97. The Morgan fingerprint density at radius 3 is 2.88 bits per heavy atom. The van der Waals surface area contributed by atoms with Gasteiger partial charge in [0.15, 0.2) is 0 Å². The van der Waals surface area contributed by atoms with Gasteiger partial charge in [-0.05, 0) is 37.0 Å². The molecule has 2 heterocycles. The second-order valence-electron chi connectivity index (χ2n) is 7.33. The van der Waals surface area contributed by atoms with E-state index in [0.29, 0.717) is 29.4 Å². The van der Waals surface area contributed by atoms with Gasteiger partial charge in [0, 0.05) is 25.2 Å². The Morgan fingerprint density at radius 2 is 2.17 bits per heavy atom. The van der Waals surface area contributed by atoms with Crippen LogP contribution in [0.1, 0.15) is 36.2 Å². The number of benzene rings is 1. The van der Waals surface area contributed by atoms with E-state index in [1.807, 2.05) is 25.1 Å². The number of carbonyl (C=O) groups is 1. The number of hydrogen-bond acceptors (Lipinski definition) is 4. The van der Waals surface area contributed by atoms with Crippen molar-refractivity contribution in [2.75, 3.05) is 26.8 Å². The van der Waals surface area contributed by atoms with Crippen LogP contribution in [0.5, 0.6) is 5.75 Å². The number of ether oxygens (including phenoxy) is 2. The van der Waals surface area contributed by atoms with E-state index in [9.17, 15) is 4.79 Å². The van der Waals surface area contributed by atoms with E-state index in [1.54, 1.807) is 7.11 Å². The molecule has 132 valence electrons. The van der Waals surface area contributed by atoms with E-state index < -0.39 is 0 Å². The molecule has 5 heteroatoms. The van der Waals surface area contributed by atoms with E-state index in [4.69, 9.17) is 9.47 Å². The van der Waals surface area contributed by atoms with Gasteiger partial charge in [-0.3, -0.25) is 9.69 Å². The van der Waals surface area contributed by atoms with Gasteiger partial charge in [0.2, 0.25) is 0 Å². The highest BCUT2D eigenvalue weighted by atomic mass is 16.5. The van der Waals surface area contributed by atoms with Crippen LogP contribution in [0.25, 0.3) is 0 Å². The predicted octanol–water partition coefficient (Wildman–Crippen LogP) is 2.23. The maximum absolute atomic E-state index is 12.6. The molecule has 0 bridgehead atoms. The van der Waals surface area contributed by atoms with Crippen molar-refractivity contribution >= 4 is 5.91 Å². The molecule has 1 amide bonds. The van der Waals surface area contributed by atoms with Gasteiger partial charge >= 0.3 is 0 Å². The summed E-state index contributed by atoms with van der Waals surface area (Å²) in [6, 6.07) is 6.27. The van der Waals surface area contributed by atoms with Crippen molar-refractivity contribution in [2.45, 2.75) is 45.4 Å². The summed E-state index contributed by atoms with van der Waals surface area (Å²) in [7, 11) is 1.60. The number of carbonyl (C=O) groups excluding carboxylic acids is 1. The first kappa shape index (κ1) is 17.2. The van der Waals surface area contributed by atoms with Crippen molar-refractivity contribution in [3.63, 3.8) is 0 Å². The van der Waals surface area contributed by atoms with Crippen molar-refractivity contribution < 1.29 is 14.3 Å². The van der Waals surface area contributed by atoms with Crippen LogP contribution in [0.3, 0.4) is 0 Å². The van der Waals surface area contributed by atoms with Crippen LogP contribution in [0.2, 0.25) is 0 Å². The third kappa shape index (κ3) is 3.57. The molecule has 1 aromatic rings. The standard InChI is InChI=1S/C19H28N2O3/c1-12(2)18-10-21-9-14(8-15(21)11-24-18)20-19(22)16-6-5-13(3)7-17(16)23-4/h5-7,12,14-15,18H,8-11H2,1-4H3,(H,20,22)/t14-,15-,18+/m0/s1. The Hall–Kier alpha value is -1.59. The summed E-state index contributed by atoms with van der Waals surface area (Å²) in [5, 5.41) is 3.17. The number of nitrogens with zero attached hydrogens (tertiary/aromatic N) is 1. The molecule has 3 rings (SSSR count). The zero-order valence-electron chi connectivity index (χ0n) is 15.0. The van der Waals surface area contributed by atoms with Crippen LogP contribution in [0.15, 0.2) is 18.2 Å². The van der Waals surface area contributed by atoms with Crippen molar-refractivity contribution in [1.29, 1.82) is 0 Å². The van der Waals surface area contributed by atoms with Crippen LogP contribution in [0, 0.1) is 12.8 Å². The Bertz CT molecular complexity index is 602. The molecule has 0 saturated carbocycles. The molecule has 0 unspecified atom stereocenters. The molecule has 0 aromatic heterocycles. The van der Waals surface area contributed by atoms with E-state index in [-0.39, 0.29) is 11.9 Å². The second kappa shape index (κ2) is 7.11. The van der Waals surface area contributed by atoms with Crippen LogP contribution < -0.4 is 10.1 Å². The zero-order valence-corrected chi connectivity index (χ0v) is 15.0. The third-order valence-electron chi connectivity index (χ3n) is 5.13. The monoisotopic (exact) mass is 332 g/mol. The average Bonchev–Trinajstić information content (AvgIpc) is 2.95. The van der Waals surface area contributed by atoms with Crippen LogP contribution in [0.4, 0.5) is 0 Å². The molecule has 24 heavy (non-hydrogen) atoms. The minimum Gasteiger partial charge on any atom is -0.496 e. The number of nitrogens with one attached hydrogen (secondary N) is 1. The molecule has 0 aliphatic carbocycles. The number of fused-ring (bicyclic) bond motifs is 1. The number of methoxy groups -OCH3 is 1. The van der Waals surface area contributed by atoms with Gasteiger partial charge < -0.3 is 14.8 Å². The summed E-state index contributed by atoms with van der Waals surface area (Å²) in [6.45, 7) is 9.01. The zero-order chi connectivity index (χ0) is 17.3. The van der Waals surface area contributed by atoms with Crippen LogP contribution >= 0.6 is 0 Å². The highest BCUT2D eigenvalue weighted by Crippen LogP contribution is 2.26. The fraction of sp³-hybridized carbons (Fsp3) is 0.632. The third-order valence-corrected chi connectivity index (χ3v) is 5.13. The first-order chi connectivity index (χ1) is 11.5. The largest absolute Gasteiger partial charge is 0.496 e. The molecule has 0 spiro atoms. The normalized spacial score (nSPS) is 27.1. The topological polar surface area (TPSA) is 50.8 Å². The smallest absolute Gasteiger partial charge is 0.255 e. The molecular weight excluding hydrogens is 304 g/mol. The Labute approximate surface area is 144 Å². The Kier molecular flexibility index (Phi) is 5.11. The molecule has 2 saturated heterocycles. The summed E-state index contributed by atoms with van der Waals surface area (Å²) in [4.78, 5) is 15.1. The number of hydrogen-bond donors (Lipinski definition) is 1. The van der Waals surface area contributed by atoms with Gasteiger partial charge in [0.05, 0.1) is 25.4 Å². The molecule has 2 aliphatic rings. The summed E-state index contributed by atoms with van der Waals surface area (Å²) < 4.78 is 11.3. The highest BCUT2D eigenvalue weighted by Gasteiger charge is 2.38. The minimum absolute atomic E-state index is 0.0574. The van der Waals surface area contributed by atoms with Gasteiger partial charge in [0.1, 0.15) is 5.75 Å². The number of rotatable bonds is 4. The molecule has 0 radical (unpaired) electrons. The van der Waals surface area contributed by atoms with Crippen molar-refractivity contribution in [3.05, 3.63) is 29.3 Å². The van der Waals surface area contributed by atoms with Gasteiger partial charge in [-0.15, -0.1) is 0 Å². The van der Waals surface area contributed by atoms with E-state index >= 15 is 0 Å². The maximum atomic E-state index is 12.6. The Balaban J connectivity index is 1.62. The second-order valence-corrected chi connectivity index (χ2v) is 7.33. The van der Waals surface area contributed by atoms with E-state index in [2.05, 4.69) is 24.1 Å². The minimum atomic E-state index is -0.0574. The molecule has 5 nitrogen and oxygen atoms in total. The van der Waals surface area contributed by atoms with E-state index in [1.165, 1.54) is 0 Å².